The van der Waals surface area contributed by atoms with E-state index in [1.807, 2.05) is 25.1 Å². The Bertz CT molecular complexity index is 371. The van der Waals surface area contributed by atoms with E-state index >= 15 is 0 Å². The van der Waals surface area contributed by atoms with Crippen LogP contribution in [0, 0.1) is 0 Å². The summed E-state index contributed by atoms with van der Waals surface area (Å²) in [6.45, 7) is 6.67. The van der Waals surface area contributed by atoms with Gasteiger partial charge in [-0.3, -0.25) is 0 Å². The summed E-state index contributed by atoms with van der Waals surface area (Å²) in [7, 11) is 1.64. The Kier molecular flexibility index (Phi) is 7.87. The molecule has 1 unspecified atom stereocenters. The number of hydrogen-bond donors (Lipinski definition) is 1. The van der Waals surface area contributed by atoms with Crippen molar-refractivity contribution in [1.82, 2.24) is 5.32 Å². The van der Waals surface area contributed by atoms with Crippen LogP contribution in [0.2, 0.25) is 5.02 Å². The summed E-state index contributed by atoms with van der Waals surface area (Å²) in [4.78, 5) is 0. The number of ether oxygens (including phenoxy) is 2. The van der Waals surface area contributed by atoms with Crippen LogP contribution in [-0.4, -0.2) is 26.9 Å². The van der Waals surface area contributed by atoms with Crippen LogP contribution in [0.15, 0.2) is 18.2 Å². The number of hydrogen-bond acceptors (Lipinski definition) is 3. The molecule has 0 aromatic heterocycles. The van der Waals surface area contributed by atoms with Gasteiger partial charge in [0.1, 0.15) is 5.75 Å². The molecule has 1 rings (SSSR count). The Morgan fingerprint density at radius 3 is 2.74 bits per heavy atom. The zero-order valence-corrected chi connectivity index (χ0v) is 12.8. The minimum absolute atomic E-state index is 0.276. The summed E-state index contributed by atoms with van der Waals surface area (Å²) in [5.41, 5.74) is 1.19. The minimum Gasteiger partial charge on any atom is -0.495 e. The molecule has 0 saturated carbocycles. The Morgan fingerprint density at radius 1 is 1.32 bits per heavy atom. The molecule has 1 N–H and O–H groups in total. The number of rotatable bonds is 9. The van der Waals surface area contributed by atoms with Gasteiger partial charge in [-0.05, 0) is 44.0 Å². The Hall–Kier alpha value is -0.770. The summed E-state index contributed by atoms with van der Waals surface area (Å²) < 4.78 is 10.7. The van der Waals surface area contributed by atoms with Crippen molar-refractivity contribution in [3.63, 3.8) is 0 Å². The molecule has 0 saturated heterocycles. The second kappa shape index (κ2) is 9.18. The highest BCUT2D eigenvalue weighted by molar-refractivity contribution is 6.32. The molecule has 0 aliphatic rings. The maximum absolute atomic E-state index is 6.06. The monoisotopic (exact) mass is 285 g/mol. The summed E-state index contributed by atoms with van der Waals surface area (Å²) in [6.07, 6.45) is 2.05. The Morgan fingerprint density at radius 2 is 2.11 bits per heavy atom. The molecule has 0 radical (unpaired) electrons. The lowest BCUT2D eigenvalue weighted by Crippen LogP contribution is -2.23. The average molecular weight is 286 g/mol. The van der Waals surface area contributed by atoms with Crippen molar-refractivity contribution >= 4 is 11.6 Å². The van der Waals surface area contributed by atoms with E-state index in [0.717, 1.165) is 38.3 Å². The van der Waals surface area contributed by atoms with Gasteiger partial charge >= 0.3 is 0 Å². The largest absolute Gasteiger partial charge is 0.495 e. The van der Waals surface area contributed by atoms with E-state index in [1.54, 1.807) is 7.11 Å². The molecule has 0 heterocycles. The molecular weight excluding hydrogens is 262 g/mol. The quantitative estimate of drug-likeness (QED) is 0.700. The van der Waals surface area contributed by atoms with Gasteiger partial charge in [-0.2, -0.15) is 0 Å². The fourth-order valence-electron chi connectivity index (χ4n) is 1.94. The molecule has 108 valence electrons. The second-order valence-corrected chi connectivity index (χ2v) is 4.79. The lowest BCUT2D eigenvalue weighted by atomic mass is 10.0. The molecule has 0 fully saturated rings. The molecule has 0 bridgehead atoms. The van der Waals surface area contributed by atoms with Crippen LogP contribution >= 0.6 is 11.6 Å². The van der Waals surface area contributed by atoms with Gasteiger partial charge in [-0.1, -0.05) is 24.6 Å². The molecular formula is C15H24ClNO2. The van der Waals surface area contributed by atoms with Crippen LogP contribution in [-0.2, 0) is 4.74 Å². The van der Waals surface area contributed by atoms with Crippen molar-refractivity contribution in [2.75, 3.05) is 26.9 Å². The van der Waals surface area contributed by atoms with Gasteiger partial charge in [0.05, 0.1) is 12.1 Å². The van der Waals surface area contributed by atoms with Crippen molar-refractivity contribution in [2.24, 2.45) is 0 Å². The van der Waals surface area contributed by atoms with Gasteiger partial charge in [0.2, 0.25) is 0 Å². The molecule has 1 atom stereocenters. The number of halogens is 1. The van der Waals surface area contributed by atoms with Crippen LogP contribution < -0.4 is 10.1 Å². The molecule has 0 aliphatic heterocycles. The fraction of sp³-hybridized carbons (Fsp3) is 0.600. The van der Waals surface area contributed by atoms with Crippen LogP contribution in [0.1, 0.15) is 38.3 Å². The zero-order valence-electron chi connectivity index (χ0n) is 12.0. The first-order chi connectivity index (χ1) is 9.22. The standard InChI is InChI=1S/C15H24ClNO2/c1-4-9-17-14(8-10-19-5-2)12-6-7-13(16)15(11-12)18-3/h6-7,11,14,17H,4-5,8-10H2,1-3H3. The topological polar surface area (TPSA) is 30.5 Å². The molecule has 0 spiro atoms. The number of methoxy groups -OCH3 is 1. The summed E-state index contributed by atoms with van der Waals surface area (Å²) in [5.74, 6) is 0.721. The third-order valence-electron chi connectivity index (χ3n) is 2.97. The highest BCUT2D eigenvalue weighted by Crippen LogP contribution is 2.28. The summed E-state index contributed by atoms with van der Waals surface area (Å²) in [6, 6.07) is 6.21. The first kappa shape index (κ1) is 16.3. The normalized spacial score (nSPS) is 12.4. The highest BCUT2D eigenvalue weighted by Gasteiger charge is 2.12. The molecule has 1 aromatic rings. The van der Waals surface area contributed by atoms with E-state index in [4.69, 9.17) is 21.1 Å². The predicted molar refractivity (Wildman–Crippen MR) is 80.1 cm³/mol. The van der Waals surface area contributed by atoms with Crippen molar-refractivity contribution in [3.05, 3.63) is 28.8 Å². The number of nitrogens with one attached hydrogen (secondary N) is 1. The van der Waals surface area contributed by atoms with E-state index in [2.05, 4.69) is 12.2 Å². The molecule has 3 nitrogen and oxygen atoms in total. The van der Waals surface area contributed by atoms with Crippen LogP contribution in [0.3, 0.4) is 0 Å². The van der Waals surface area contributed by atoms with Gasteiger partial charge in [-0.15, -0.1) is 0 Å². The first-order valence-electron chi connectivity index (χ1n) is 6.87. The van der Waals surface area contributed by atoms with Gasteiger partial charge < -0.3 is 14.8 Å². The first-order valence-corrected chi connectivity index (χ1v) is 7.25. The lowest BCUT2D eigenvalue weighted by Gasteiger charge is -2.20. The van der Waals surface area contributed by atoms with E-state index in [0.29, 0.717) is 5.02 Å². The lowest BCUT2D eigenvalue weighted by molar-refractivity contribution is 0.136. The van der Waals surface area contributed by atoms with E-state index in [-0.39, 0.29) is 6.04 Å². The molecule has 0 amide bonds. The van der Waals surface area contributed by atoms with Crippen molar-refractivity contribution < 1.29 is 9.47 Å². The van der Waals surface area contributed by atoms with E-state index in [9.17, 15) is 0 Å². The fourth-order valence-corrected chi connectivity index (χ4v) is 2.14. The third-order valence-corrected chi connectivity index (χ3v) is 3.29. The maximum Gasteiger partial charge on any atom is 0.137 e. The molecule has 4 heteroatoms. The minimum atomic E-state index is 0.276. The van der Waals surface area contributed by atoms with Gasteiger partial charge in [0.25, 0.3) is 0 Å². The van der Waals surface area contributed by atoms with Crippen LogP contribution in [0.4, 0.5) is 0 Å². The predicted octanol–water partition coefficient (Wildman–Crippen LogP) is 3.82. The van der Waals surface area contributed by atoms with E-state index < -0.39 is 0 Å². The summed E-state index contributed by atoms with van der Waals surface area (Å²) >= 11 is 6.06. The summed E-state index contributed by atoms with van der Waals surface area (Å²) in [5, 5.41) is 4.18. The van der Waals surface area contributed by atoms with E-state index in [1.165, 1.54) is 5.56 Å². The van der Waals surface area contributed by atoms with Crippen LogP contribution in [0.25, 0.3) is 0 Å². The van der Waals surface area contributed by atoms with Crippen molar-refractivity contribution in [2.45, 2.75) is 32.7 Å². The van der Waals surface area contributed by atoms with Gasteiger partial charge in [-0.25, -0.2) is 0 Å². The number of benzene rings is 1. The Balaban J connectivity index is 2.76. The van der Waals surface area contributed by atoms with Crippen molar-refractivity contribution in [3.8, 4) is 5.75 Å². The van der Waals surface area contributed by atoms with Crippen LogP contribution in [0.5, 0.6) is 5.75 Å². The molecule has 1 aromatic carbocycles. The maximum atomic E-state index is 6.06. The zero-order chi connectivity index (χ0) is 14.1. The molecule has 0 aliphatic carbocycles. The SMILES string of the molecule is CCCNC(CCOCC)c1ccc(Cl)c(OC)c1. The second-order valence-electron chi connectivity index (χ2n) is 4.39. The molecule has 19 heavy (non-hydrogen) atoms. The average Bonchev–Trinajstić information content (AvgIpc) is 2.43. The van der Waals surface area contributed by atoms with Gasteiger partial charge in [0.15, 0.2) is 0 Å². The Labute approximate surface area is 121 Å². The van der Waals surface area contributed by atoms with Gasteiger partial charge in [0, 0.05) is 19.3 Å². The highest BCUT2D eigenvalue weighted by atomic mass is 35.5. The smallest absolute Gasteiger partial charge is 0.137 e. The third kappa shape index (κ3) is 5.39. The van der Waals surface area contributed by atoms with Crippen molar-refractivity contribution in [1.29, 1.82) is 0 Å².